The second-order valence-electron chi connectivity index (χ2n) is 6.01. The van der Waals surface area contributed by atoms with Crippen LogP contribution in [0.2, 0.25) is 0 Å². The van der Waals surface area contributed by atoms with E-state index in [9.17, 15) is 0 Å². The highest BCUT2D eigenvalue weighted by Crippen LogP contribution is 2.47. The molecule has 21 heavy (non-hydrogen) atoms. The molecule has 1 aromatic carbocycles. The monoisotopic (exact) mass is 296 g/mol. The van der Waals surface area contributed by atoms with Gasteiger partial charge in [0.25, 0.3) is 0 Å². The number of rotatable bonds is 5. The Morgan fingerprint density at radius 3 is 2.95 bits per heavy atom. The average molecular weight is 296 g/mol. The van der Waals surface area contributed by atoms with Crippen LogP contribution in [0.4, 0.5) is 0 Å². The normalized spacial score (nSPS) is 16.9. The number of benzene rings is 1. The second-order valence-corrected chi connectivity index (χ2v) is 7.09. The summed E-state index contributed by atoms with van der Waals surface area (Å²) in [4.78, 5) is 2.82. The van der Waals surface area contributed by atoms with Gasteiger partial charge in [-0.25, -0.2) is 0 Å². The lowest BCUT2D eigenvalue weighted by Crippen LogP contribution is -2.03. The van der Waals surface area contributed by atoms with E-state index >= 15 is 0 Å². The standard InChI is InChI=1S/C20H24S/c1-3-4-5-6-9-16-12-13-18-15(2)17-10-7-8-11-19(17)21-20(18)14-16/h8,11-14H,2-7,9-10H2,1H3. The van der Waals surface area contributed by atoms with Crippen LogP contribution < -0.4 is 0 Å². The molecule has 0 amide bonds. The van der Waals surface area contributed by atoms with E-state index in [2.05, 4.69) is 43.9 Å². The molecule has 0 saturated carbocycles. The largest absolute Gasteiger partial charge is 0.0908 e. The van der Waals surface area contributed by atoms with Crippen LogP contribution in [-0.4, -0.2) is 0 Å². The second kappa shape index (κ2) is 6.70. The lowest BCUT2D eigenvalue weighted by Gasteiger charge is -2.25. The Hall–Kier alpha value is -1.21. The minimum atomic E-state index is 1.15. The van der Waals surface area contributed by atoms with E-state index in [1.807, 2.05) is 11.8 Å². The molecule has 0 bridgehead atoms. The van der Waals surface area contributed by atoms with Crippen LogP contribution in [0.15, 0.2) is 52.3 Å². The fourth-order valence-electron chi connectivity index (χ4n) is 3.13. The molecule has 1 aliphatic carbocycles. The van der Waals surface area contributed by atoms with E-state index in [4.69, 9.17) is 0 Å². The van der Waals surface area contributed by atoms with E-state index < -0.39 is 0 Å². The van der Waals surface area contributed by atoms with E-state index in [0.717, 1.165) is 12.8 Å². The van der Waals surface area contributed by atoms with Gasteiger partial charge in [0.05, 0.1) is 0 Å². The predicted molar refractivity (Wildman–Crippen MR) is 94.6 cm³/mol. The third-order valence-corrected chi connectivity index (χ3v) is 5.56. The van der Waals surface area contributed by atoms with Gasteiger partial charge in [-0.2, -0.15) is 0 Å². The van der Waals surface area contributed by atoms with Crippen molar-refractivity contribution in [3.05, 3.63) is 58.5 Å². The van der Waals surface area contributed by atoms with Gasteiger partial charge in [-0.15, -0.1) is 0 Å². The molecule has 1 aliphatic heterocycles. The highest BCUT2D eigenvalue weighted by atomic mass is 32.2. The first-order chi connectivity index (χ1) is 10.3. The molecule has 3 rings (SSSR count). The summed E-state index contributed by atoms with van der Waals surface area (Å²) in [6.07, 6.45) is 13.4. The number of aryl methyl sites for hydroxylation is 1. The van der Waals surface area contributed by atoms with Gasteiger partial charge in [-0.1, -0.05) is 68.8 Å². The highest BCUT2D eigenvalue weighted by Gasteiger charge is 2.22. The summed E-state index contributed by atoms with van der Waals surface area (Å²) in [6, 6.07) is 6.99. The van der Waals surface area contributed by atoms with Crippen molar-refractivity contribution in [2.75, 3.05) is 0 Å². The Balaban J connectivity index is 1.76. The van der Waals surface area contributed by atoms with Gasteiger partial charge in [0.15, 0.2) is 0 Å². The molecule has 0 unspecified atom stereocenters. The van der Waals surface area contributed by atoms with Gasteiger partial charge in [0.2, 0.25) is 0 Å². The summed E-state index contributed by atoms with van der Waals surface area (Å²) >= 11 is 1.93. The Morgan fingerprint density at radius 2 is 2.10 bits per heavy atom. The zero-order valence-corrected chi connectivity index (χ0v) is 13.8. The minimum absolute atomic E-state index is 1.15. The molecule has 0 aromatic heterocycles. The van der Waals surface area contributed by atoms with Crippen molar-refractivity contribution in [2.24, 2.45) is 0 Å². The lowest BCUT2D eigenvalue weighted by molar-refractivity contribution is 0.666. The Kier molecular flexibility index (Phi) is 4.70. The quantitative estimate of drug-likeness (QED) is 0.556. The summed E-state index contributed by atoms with van der Waals surface area (Å²) in [5.74, 6) is 0. The Morgan fingerprint density at radius 1 is 1.19 bits per heavy atom. The molecule has 0 saturated heterocycles. The first-order valence-corrected chi connectivity index (χ1v) is 9.01. The average Bonchev–Trinajstić information content (AvgIpc) is 2.52. The lowest BCUT2D eigenvalue weighted by atomic mass is 9.91. The fraction of sp³-hybridized carbons (Fsp3) is 0.400. The maximum Gasteiger partial charge on any atom is 0.0203 e. The molecular weight excluding hydrogens is 272 g/mol. The molecule has 0 N–H and O–H groups in total. The molecule has 0 radical (unpaired) electrons. The fourth-order valence-corrected chi connectivity index (χ4v) is 4.39. The van der Waals surface area contributed by atoms with Gasteiger partial charge < -0.3 is 0 Å². The van der Waals surface area contributed by atoms with Crippen molar-refractivity contribution in [3.8, 4) is 0 Å². The van der Waals surface area contributed by atoms with Crippen LogP contribution >= 0.6 is 11.8 Å². The van der Waals surface area contributed by atoms with Crippen molar-refractivity contribution in [2.45, 2.75) is 56.8 Å². The minimum Gasteiger partial charge on any atom is -0.0908 e. The molecule has 0 atom stereocenters. The smallest absolute Gasteiger partial charge is 0.0203 e. The molecule has 0 spiro atoms. The third-order valence-electron chi connectivity index (χ3n) is 4.40. The molecular formula is C20H24S. The summed E-state index contributed by atoms with van der Waals surface area (Å²) in [7, 11) is 0. The maximum atomic E-state index is 4.35. The van der Waals surface area contributed by atoms with Crippen molar-refractivity contribution < 1.29 is 0 Å². The zero-order valence-electron chi connectivity index (χ0n) is 13.0. The summed E-state index contributed by atoms with van der Waals surface area (Å²) < 4.78 is 0. The summed E-state index contributed by atoms with van der Waals surface area (Å²) in [5.41, 5.74) is 5.55. The number of unbranched alkanes of at least 4 members (excludes halogenated alkanes) is 3. The number of hydrogen-bond donors (Lipinski definition) is 0. The van der Waals surface area contributed by atoms with Gasteiger partial charge in [0.1, 0.15) is 0 Å². The molecule has 1 heteroatoms. The SMILES string of the molecule is C=C1C2=C(C=CCC2)Sc2cc(CCCCCC)ccc21. The predicted octanol–water partition coefficient (Wildman–Crippen LogP) is 6.53. The van der Waals surface area contributed by atoms with Crippen LogP contribution in [0.3, 0.4) is 0 Å². The topological polar surface area (TPSA) is 0 Å². The van der Waals surface area contributed by atoms with E-state index in [-0.39, 0.29) is 0 Å². The number of allylic oxidation sites excluding steroid dienone is 4. The van der Waals surface area contributed by atoms with Crippen molar-refractivity contribution in [1.82, 2.24) is 0 Å². The van der Waals surface area contributed by atoms with E-state index in [1.54, 1.807) is 0 Å². The number of fused-ring (bicyclic) bond motifs is 1. The maximum absolute atomic E-state index is 4.35. The molecule has 0 fully saturated rings. The molecule has 1 aromatic rings. The molecule has 1 heterocycles. The van der Waals surface area contributed by atoms with Crippen molar-refractivity contribution >= 4 is 17.3 Å². The highest BCUT2D eigenvalue weighted by molar-refractivity contribution is 8.03. The van der Waals surface area contributed by atoms with Crippen LogP contribution in [-0.2, 0) is 6.42 Å². The van der Waals surface area contributed by atoms with Crippen LogP contribution in [0.25, 0.3) is 5.57 Å². The van der Waals surface area contributed by atoms with Crippen LogP contribution in [0.1, 0.15) is 56.6 Å². The number of hydrogen-bond acceptors (Lipinski definition) is 1. The van der Waals surface area contributed by atoms with Crippen molar-refractivity contribution in [1.29, 1.82) is 0 Å². The summed E-state index contributed by atoms with van der Waals surface area (Å²) in [6.45, 7) is 6.62. The number of thioether (sulfide) groups is 1. The van der Waals surface area contributed by atoms with Gasteiger partial charge >= 0.3 is 0 Å². The van der Waals surface area contributed by atoms with E-state index in [0.29, 0.717) is 0 Å². The third kappa shape index (κ3) is 3.18. The molecule has 0 nitrogen and oxygen atoms in total. The van der Waals surface area contributed by atoms with Crippen molar-refractivity contribution in [3.63, 3.8) is 0 Å². The van der Waals surface area contributed by atoms with Crippen LogP contribution in [0, 0.1) is 0 Å². The van der Waals surface area contributed by atoms with Gasteiger partial charge in [-0.05, 0) is 54.0 Å². The summed E-state index contributed by atoms with van der Waals surface area (Å²) in [5, 5.41) is 0. The first-order valence-electron chi connectivity index (χ1n) is 8.19. The molecule has 110 valence electrons. The Bertz CT molecular complexity index is 604. The molecule has 2 aliphatic rings. The zero-order chi connectivity index (χ0) is 14.7. The first kappa shape index (κ1) is 14.7. The van der Waals surface area contributed by atoms with E-state index in [1.165, 1.54) is 64.2 Å². The van der Waals surface area contributed by atoms with Gasteiger partial charge in [-0.3, -0.25) is 0 Å². The Labute approximate surface area is 133 Å². The van der Waals surface area contributed by atoms with Gasteiger partial charge in [0, 0.05) is 9.80 Å². The van der Waals surface area contributed by atoms with Crippen LogP contribution in [0.5, 0.6) is 0 Å².